The van der Waals surface area contributed by atoms with E-state index in [0.717, 1.165) is 42.4 Å². The molecule has 3 amide bonds. The fraction of sp³-hybridized carbons (Fsp3) is 0.526. The van der Waals surface area contributed by atoms with Gasteiger partial charge in [0.05, 0.1) is 17.8 Å². The molecule has 6 rings (SSSR count). The minimum absolute atomic E-state index is 0.113. The number of aromatic amines is 1. The van der Waals surface area contributed by atoms with E-state index in [-0.39, 0.29) is 23.8 Å². The lowest BCUT2D eigenvalue weighted by Crippen LogP contribution is -2.57. The van der Waals surface area contributed by atoms with Crippen LogP contribution in [0.2, 0.25) is 0 Å². The van der Waals surface area contributed by atoms with Gasteiger partial charge in [-0.1, -0.05) is 24.3 Å². The molecular formula is C38H49FN6O5. The van der Waals surface area contributed by atoms with E-state index in [9.17, 15) is 14.4 Å². The van der Waals surface area contributed by atoms with Crippen molar-refractivity contribution in [3.05, 3.63) is 66.2 Å². The third-order valence-electron chi connectivity index (χ3n) is 9.54. The number of rotatable bonds is 9. The molecule has 11 nitrogen and oxygen atoms in total. The molecule has 1 aromatic heterocycles. The van der Waals surface area contributed by atoms with Crippen LogP contribution < -0.4 is 9.64 Å². The zero-order valence-electron chi connectivity index (χ0n) is 29.8. The van der Waals surface area contributed by atoms with Gasteiger partial charge in [-0.2, -0.15) is 5.10 Å². The average Bonchev–Trinajstić information content (AvgIpc) is 3.79. The molecule has 3 fully saturated rings. The quantitative estimate of drug-likeness (QED) is 0.300. The summed E-state index contributed by atoms with van der Waals surface area (Å²) in [5, 5.41) is 6.87. The van der Waals surface area contributed by atoms with E-state index >= 15 is 4.39 Å². The number of anilines is 1. The highest BCUT2D eigenvalue weighted by Gasteiger charge is 2.39. The molecular weight excluding hydrogens is 639 g/mol. The first-order chi connectivity index (χ1) is 23.8. The molecule has 2 aliphatic heterocycles. The third kappa shape index (κ3) is 8.39. The van der Waals surface area contributed by atoms with Gasteiger partial charge in [0.15, 0.2) is 5.60 Å². The maximum Gasteiger partial charge on any atom is 0.410 e. The smallest absolute Gasteiger partial charge is 0.410 e. The maximum absolute atomic E-state index is 15.4. The molecule has 1 N–H and O–H groups in total. The number of hydrogen-bond donors (Lipinski definition) is 1. The molecule has 268 valence electrons. The second kappa shape index (κ2) is 14.3. The summed E-state index contributed by atoms with van der Waals surface area (Å²) in [7, 11) is 0. The van der Waals surface area contributed by atoms with Gasteiger partial charge in [0.1, 0.15) is 17.2 Å². The monoisotopic (exact) mass is 688 g/mol. The molecule has 2 saturated heterocycles. The van der Waals surface area contributed by atoms with Crippen LogP contribution in [0.15, 0.2) is 54.9 Å². The molecule has 0 bridgehead atoms. The summed E-state index contributed by atoms with van der Waals surface area (Å²) < 4.78 is 27.1. The summed E-state index contributed by atoms with van der Waals surface area (Å²) in [6, 6.07) is 13.0. The summed E-state index contributed by atoms with van der Waals surface area (Å²) in [4.78, 5) is 47.3. The van der Waals surface area contributed by atoms with Gasteiger partial charge in [0.25, 0.3) is 5.91 Å². The summed E-state index contributed by atoms with van der Waals surface area (Å²) in [5.41, 5.74) is 1.69. The minimum Gasteiger partial charge on any atom is -0.478 e. The average molecular weight is 689 g/mol. The van der Waals surface area contributed by atoms with Gasteiger partial charge >= 0.3 is 6.09 Å². The van der Waals surface area contributed by atoms with Gasteiger partial charge in [-0.05, 0) is 83.6 Å². The highest BCUT2D eigenvalue weighted by molar-refractivity contribution is 5.85. The van der Waals surface area contributed by atoms with Crippen LogP contribution in [0, 0.1) is 11.7 Å². The van der Waals surface area contributed by atoms with Crippen LogP contribution in [0.5, 0.6) is 5.75 Å². The molecule has 0 unspecified atom stereocenters. The molecule has 1 aliphatic carbocycles. The molecule has 50 heavy (non-hydrogen) atoms. The Morgan fingerprint density at radius 3 is 2.26 bits per heavy atom. The number of halogens is 1. The Morgan fingerprint density at radius 1 is 0.920 bits per heavy atom. The fourth-order valence-corrected chi connectivity index (χ4v) is 6.75. The highest BCUT2D eigenvalue weighted by atomic mass is 19.1. The predicted molar refractivity (Wildman–Crippen MR) is 188 cm³/mol. The molecule has 3 aliphatic rings. The Balaban J connectivity index is 1.08. The van der Waals surface area contributed by atoms with E-state index in [1.165, 1.54) is 12.1 Å². The largest absolute Gasteiger partial charge is 0.478 e. The predicted octanol–water partition coefficient (Wildman–Crippen LogP) is 5.86. The van der Waals surface area contributed by atoms with Crippen LogP contribution >= 0.6 is 0 Å². The summed E-state index contributed by atoms with van der Waals surface area (Å²) in [5.74, 6) is -0.380. The molecule has 3 aromatic rings. The Kier molecular flexibility index (Phi) is 10.1. The van der Waals surface area contributed by atoms with Gasteiger partial charge in [-0.25, -0.2) is 9.18 Å². The van der Waals surface area contributed by atoms with Crippen molar-refractivity contribution in [1.29, 1.82) is 0 Å². The van der Waals surface area contributed by atoms with Crippen molar-refractivity contribution in [2.24, 2.45) is 5.92 Å². The van der Waals surface area contributed by atoms with Crippen LogP contribution in [0.3, 0.4) is 0 Å². The number of H-pyrrole nitrogens is 1. The standard InChI is InChI=1S/C38H49FN6O5/c1-37(2,3)50-36(48)43-19-17-42(18-20-43)35(47)38(4,5)49-31-14-15-32(39)33(21-31)44-16-6-7-28(25-44)34(46)45(30-12-13-30)24-26-8-10-27(11-9-26)29-22-40-41-23-29/h8-11,14-15,21-23,28,30H,6-7,12-13,16-20,24-25H2,1-5H3,(H,40,41)/t28-/m1/s1. The lowest BCUT2D eigenvalue weighted by molar-refractivity contribution is -0.147. The zero-order chi connectivity index (χ0) is 35.6. The summed E-state index contributed by atoms with van der Waals surface area (Å²) in [6.07, 6.45) is 6.75. The first-order valence-corrected chi connectivity index (χ1v) is 17.7. The van der Waals surface area contributed by atoms with Gasteiger partial charge in [-0.3, -0.25) is 14.7 Å². The van der Waals surface area contributed by atoms with Gasteiger partial charge in [0.2, 0.25) is 5.91 Å². The van der Waals surface area contributed by atoms with E-state index in [2.05, 4.69) is 34.5 Å². The van der Waals surface area contributed by atoms with Crippen molar-refractivity contribution in [2.45, 2.75) is 84.1 Å². The van der Waals surface area contributed by atoms with Crippen LogP contribution in [0.4, 0.5) is 14.9 Å². The first-order valence-electron chi connectivity index (χ1n) is 17.7. The van der Waals surface area contributed by atoms with E-state index in [1.54, 1.807) is 35.9 Å². The zero-order valence-corrected chi connectivity index (χ0v) is 29.8. The number of nitrogens with zero attached hydrogens (tertiary/aromatic N) is 5. The highest BCUT2D eigenvalue weighted by Crippen LogP contribution is 2.35. The van der Waals surface area contributed by atoms with Crippen LogP contribution in [0.25, 0.3) is 11.1 Å². The molecule has 0 radical (unpaired) electrons. The lowest BCUT2D eigenvalue weighted by atomic mass is 9.95. The second-order valence-corrected chi connectivity index (χ2v) is 15.2. The summed E-state index contributed by atoms with van der Waals surface area (Å²) >= 11 is 0. The maximum atomic E-state index is 15.4. The number of amides is 3. The van der Waals surface area contributed by atoms with Crippen molar-refractivity contribution in [3.63, 3.8) is 0 Å². The Hall–Kier alpha value is -4.61. The second-order valence-electron chi connectivity index (χ2n) is 15.2. The normalized spacial score (nSPS) is 18.5. The Bertz CT molecular complexity index is 1660. The number of piperazine rings is 1. The Morgan fingerprint density at radius 2 is 1.62 bits per heavy atom. The van der Waals surface area contributed by atoms with Crippen molar-refractivity contribution in [3.8, 4) is 16.9 Å². The number of ether oxygens (including phenoxy) is 2. The van der Waals surface area contributed by atoms with E-state index in [0.29, 0.717) is 57.3 Å². The fourth-order valence-electron chi connectivity index (χ4n) is 6.75. The SMILES string of the molecule is CC(C)(C)OC(=O)N1CCN(C(=O)C(C)(C)Oc2ccc(F)c(N3CCC[C@@H](C(=O)N(Cc4ccc(-c5cn[nH]c5)cc4)C4CC4)C3)c2)CC1. The molecule has 1 atom stereocenters. The van der Waals surface area contributed by atoms with Crippen molar-refractivity contribution in [1.82, 2.24) is 24.9 Å². The van der Waals surface area contributed by atoms with Crippen LogP contribution in [-0.2, 0) is 20.9 Å². The minimum atomic E-state index is -1.23. The van der Waals surface area contributed by atoms with Crippen LogP contribution in [0.1, 0.15) is 65.9 Å². The van der Waals surface area contributed by atoms with Crippen molar-refractivity contribution < 1.29 is 28.2 Å². The van der Waals surface area contributed by atoms with Crippen LogP contribution in [-0.4, -0.2) is 99.3 Å². The van der Waals surface area contributed by atoms with Gasteiger partial charge < -0.3 is 29.1 Å². The van der Waals surface area contributed by atoms with E-state index in [1.807, 2.05) is 36.8 Å². The number of nitrogens with one attached hydrogen (secondary N) is 1. The van der Waals surface area contributed by atoms with Crippen molar-refractivity contribution in [2.75, 3.05) is 44.2 Å². The summed E-state index contributed by atoms with van der Waals surface area (Å²) in [6.45, 7) is 11.9. The Labute approximate surface area is 293 Å². The lowest BCUT2D eigenvalue weighted by Gasteiger charge is -2.39. The topological polar surface area (TPSA) is 111 Å². The van der Waals surface area contributed by atoms with E-state index in [4.69, 9.17) is 9.47 Å². The number of aromatic nitrogens is 2. The molecule has 0 spiro atoms. The molecule has 1 saturated carbocycles. The number of benzene rings is 2. The number of piperidine rings is 1. The van der Waals surface area contributed by atoms with E-state index < -0.39 is 23.1 Å². The first kappa shape index (κ1) is 35.2. The van der Waals surface area contributed by atoms with Gasteiger partial charge in [-0.15, -0.1) is 0 Å². The molecule has 2 aromatic carbocycles. The number of carbonyl (C=O) groups excluding carboxylic acids is 3. The van der Waals surface area contributed by atoms with Crippen molar-refractivity contribution >= 4 is 23.6 Å². The number of hydrogen-bond acceptors (Lipinski definition) is 7. The van der Waals surface area contributed by atoms with Gasteiger partial charge in [0, 0.05) is 69.7 Å². The molecule has 3 heterocycles. The third-order valence-corrected chi connectivity index (χ3v) is 9.54. The molecule has 12 heteroatoms. The number of carbonyl (C=O) groups is 3.